The zero-order valence-electron chi connectivity index (χ0n) is 14.3. The summed E-state index contributed by atoms with van der Waals surface area (Å²) in [6.45, 7) is 2.69. The predicted molar refractivity (Wildman–Crippen MR) is 93.0 cm³/mol. The third-order valence-electron chi connectivity index (χ3n) is 5.17. The Bertz CT molecular complexity index is 724. The Morgan fingerprint density at radius 1 is 1.28 bits per heavy atom. The van der Waals surface area contributed by atoms with Gasteiger partial charge < -0.3 is 14.7 Å². The zero-order valence-corrected chi connectivity index (χ0v) is 15.1. The van der Waals surface area contributed by atoms with Gasteiger partial charge in [0.05, 0.1) is 18.3 Å². The number of ether oxygens (including phenoxy) is 1. The van der Waals surface area contributed by atoms with E-state index >= 15 is 0 Å². The summed E-state index contributed by atoms with van der Waals surface area (Å²) in [5, 5.41) is 9.72. The maximum absolute atomic E-state index is 11.9. The fourth-order valence-electron chi connectivity index (χ4n) is 3.84. The molecular formula is C17H24N2O5S. The molecule has 2 fully saturated rings. The second-order valence-electron chi connectivity index (χ2n) is 6.96. The molecule has 2 aliphatic rings. The Hall–Kier alpha value is -1.64. The van der Waals surface area contributed by atoms with Crippen molar-refractivity contribution in [1.82, 2.24) is 9.21 Å². The molecule has 0 spiro atoms. The maximum Gasteiger partial charge on any atom is 0.312 e. The summed E-state index contributed by atoms with van der Waals surface area (Å²) in [4.78, 5) is 14.0. The number of carboxylic acid groups (broad SMARTS) is 1. The van der Waals surface area contributed by atoms with Crippen LogP contribution in [0.5, 0.6) is 5.75 Å². The van der Waals surface area contributed by atoms with E-state index in [1.165, 1.54) is 4.31 Å². The summed E-state index contributed by atoms with van der Waals surface area (Å²) in [6, 6.07) is 9.57. The summed E-state index contributed by atoms with van der Waals surface area (Å²) in [7, 11) is -3.35. The molecule has 1 aromatic carbocycles. The van der Waals surface area contributed by atoms with Gasteiger partial charge in [-0.2, -0.15) is 0 Å². The number of carboxylic acids is 1. The van der Waals surface area contributed by atoms with E-state index in [0.29, 0.717) is 26.2 Å². The van der Waals surface area contributed by atoms with Crippen molar-refractivity contribution in [2.24, 2.45) is 11.3 Å². The Labute approximate surface area is 148 Å². The highest BCUT2D eigenvalue weighted by Crippen LogP contribution is 2.43. The quantitative estimate of drug-likeness (QED) is 0.714. The average molecular weight is 368 g/mol. The maximum atomic E-state index is 11.9. The molecule has 2 heterocycles. The number of hydrogen-bond donors (Lipinski definition) is 1. The van der Waals surface area contributed by atoms with Crippen molar-refractivity contribution in [3.05, 3.63) is 30.3 Å². The number of carbonyl (C=O) groups is 1. The minimum Gasteiger partial charge on any atom is -0.494 e. The van der Waals surface area contributed by atoms with Crippen LogP contribution in [0.15, 0.2) is 30.3 Å². The molecule has 0 saturated carbocycles. The van der Waals surface area contributed by atoms with E-state index in [4.69, 9.17) is 4.74 Å². The fraction of sp³-hybridized carbons (Fsp3) is 0.588. The summed E-state index contributed by atoms with van der Waals surface area (Å²) >= 11 is 0. The number of nitrogens with zero attached hydrogens (tertiary/aromatic N) is 2. The van der Waals surface area contributed by atoms with E-state index < -0.39 is 21.4 Å². The molecule has 2 atom stereocenters. The summed E-state index contributed by atoms with van der Waals surface area (Å²) in [5.41, 5.74) is -0.983. The second kappa shape index (κ2) is 6.93. The van der Waals surface area contributed by atoms with Gasteiger partial charge in [0, 0.05) is 38.6 Å². The van der Waals surface area contributed by atoms with Crippen LogP contribution in [0, 0.1) is 11.3 Å². The van der Waals surface area contributed by atoms with Crippen LogP contribution in [-0.4, -0.2) is 74.3 Å². The van der Waals surface area contributed by atoms with Gasteiger partial charge in [-0.3, -0.25) is 4.79 Å². The van der Waals surface area contributed by atoms with Gasteiger partial charge in [0.25, 0.3) is 0 Å². The Balaban J connectivity index is 1.53. The molecule has 1 N–H and O–H groups in total. The molecule has 0 radical (unpaired) electrons. The lowest BCUT2D eigenvalue weighted by molar-refractivity contribution is -0.148. The zero-order chi connectivity index (χ0) is 18.1. The number of sulfonamides is 1. The monoisotopic (exact) mass is 368 g/mol. The van der Waals surface area contributed by atoms with Crippen molar-refractivity contribution in [3.63, 3.8) is 0 Å². The molecule has 2 aliphatic heterocycles. The third-order valence-corrected chi connectivity index (χ3v) is 6.39. The summed E-state index contributed by atoms with van der Waals surface area (Å²) in [5.74, 6) is -0.229. The molecule has 138 valence electrons. The van der Waals surface area contributed by atoms with E-state index in [1.807, 2.05) is 30.3 Å². The van der Waals surface area contributed by atoms with Gasteiger partial charge in [-0.1, -0.05) is 18.2 Å². The predicted octanol–water partition coefficient (Wildman–Crippen LogP) is 0.733. The van der Waals surface area contributed by atoms with Gasteiger partial charge in [0.2, 0.25) is 10.0 Å². The van der Waals surface area contributed by atoms with Crippen LogP contribution >= 0.6 is 0 Å². The minimum atomic E-state index is -3.35. The van der Waals surface area contributed by atoms with Gasteiger partial charge in [-0.05, 0) is 18.6 Å². The normalized spacial score (nSPS) is 27.3. The molecule has 0 aliphatic carbocycles. The van der Waals surface area contributed by atoms with E-state index in [0.717, 1.165) is 25.0 Å². The van der Waals surface area contributed by atoms with Gasteiger partial charge in [0.15, 0.2) is 0 Å². The molecular weight excluding hydrogens is 344 g/mol. The van der Waals surface area contributed by atoms with Crippen molar-refractivity contribution in [2.75, 3.05) is 45.6 Å². The lowest BCUT2D eigenvalue weighted by Crippen LogP contribution is -2.42. The minimum absolute atomic E-state index is 0.0723. The molecule has 2 saturated heterocycles. The van der Waals surface area contributed by atoms with Crippen molar-refractivity contribution in [3.8, 4) is 5.75 Å². The van der Waals surface area contributed by atoms with Gasteiger partial charge in [-0.25, -0.2) is 12.7 Å². The molecule has 1 unspecified atom stereocenters. The van der Waals surface area contributed by atoms with Crippen LogP contribution in [0.2, 0.25) is 0 Å². The fourth-order valence-corrected chi connectivity index (χ4v) is 4.76. The highest BCUT2D eigenvalue weighted by Gasteiger charge is 2.58. The van der Waals surface area contributed by atoms with Gasteiger partial charge in [0.1, 0.15) is 5.75 Å². The van der Waals surface area contributed by atoms with Crippen molar-refractivity contribution in [2.45, 2.75) is 6.42 Å². The first kappa shape index (κ1) is 18.2. The van der Waals surface area contributed by atoms with E-state index in [1.54, 1.807) is 0 Å². The lowest BCUT2D eigenvalue weighted by Gasteiger charge is -2.24. The number of benzene rings is 1. The Kier molecular flexibility index (Phi) is 5.04. The number of rotatable bonds is 7. The largest absolute Gasteiger partial charge is 0.494 e. The standard InChI is InChI=1S/C17H24N2O5S/c1-25(22,23)19-11-14-10-18(12-17(14,13-19)16(20)21)8-5-9-24-15-6-3-2-4-7-15/h2-4,6-7,14H,5,8-13H2,1H3,(H,20,21)/t14?,17-/m1/s1. The lowest BCUT2D eigenvalue weighted by atomic mass is 9.81. The Morgan fingerprint density at radius 3 is 2.60 bits per heavy atom. The highest BCUT2D eigenvalue weighted by molar-refractivity contribution is 7.88. The molecule has 8 heteroatoms. The summed E-state index contributed by atoms with van der Waals surface area (Å²) in [6.07, 6.45) is 1.94. The Morgan fingerprint density at radius 2 is 2.00 bits per heavy atom. The first-order chi connectivity index (χ1) is 11.8. The second-order valence-corrected chi connectivity index (χ2v) is 8.95. The molecule has 1 aromatic rings. The van der Waals surface area contributed by atoms with Crippen LogP contribution in [0.4, 0.5) is 0 Å². The smallest absolute Gasteiger partial charge is 0.312 e. The van der Waals surface area contributed by atoms with Crippen molar-refractivity contribution in [1.29, 1.82) is 0 Å². The SMILES string of the molecule is CS(=O)(=O)N1CC2CN(CCCOc3ccccc3)C[C@@]2(C(=O)O)C1. The number of hydrogen-bond acceptors (Lipinski definition) is 5. The van der Waals surface area contributed by atoms with Crippen molar-refractivity contribution >= 4 is 16.0 Å². The summed E-state index contributed by atoms with van der Waals surface area (Å²) < 4.78 is 30.5. The average Bonchev–Trinajstić information content (AvgIpc) is 3.07. The molecule has 0 amide bonds. The van der Waals surface area contributed by atoms with E-state index in [9.17, 15) is 18.3 Å². The van der Waals surface area contributed by atoms with Crippen LogP contribution in [0.1, 0.15) is 6.42 Å². The number of likely N-dealkylation sites (tertiary alicyclic amines) is 1. The first-order valence-corrected chi connectivity index (χ1v) is 10.2. The molecule has 7 nitrogen and oxygen atoms in total. The van der Waals surface area contributed by atoms with Crippen LogP contribution in [0.25, 0.3) is 0 Å². The molecule has 3 rings (SSSR count). The molecule has 25 heavy (non-hydrogen) atoms. The van der Waals surface area contributed by atoms with E-state index in [-0.39, 0.29) is 12.5 Å². The third kappa shape index (κ3) is 3.80. The number of aliphatic carboxylic acids is 1. The van der Waals surface area contributed by atoms with Crippen LogP contribution < -0.4 is 4.74 Å². The molecule has 0 aromatic heterocycles. The highest BCUT2D eigenvalue weighted by atomic mass is 32.2. The van der Waals surface area contributed by atoms with Crippen LogP contribution in [-0.2, 0) is 14.8 Å². The van der Waals surface area contributed by atoms with Gasteiger partial charge >= 0.3 is 5.97 Å². The topological polar surface area (TPSA) is 87.2 Å². The van der Waals surface area contributed by atoms with Crippen LogP contribution in [0.3, 0.4) is 0 Å². The number of fused-ring (bicyclic) bond motifs is 1. The molecule has 0 bridgehead atoms. The first-order valence-electron chi connectivity index (χ1n) is 8.40. The van der Waals surface area contributed by atoms with Gasteiger partial charge in [-0.15, -0.1) is 0 Å². The number of para-hydroxylation sites is 1. The van der Waals surface area contributed by atoms with E-state index in [2.05, 4.69) is 4.90 Å². The van der Waals surface area contributed by atoms with Crippen molar-refractivity contribution < 1.29 is 23.1 Å².